The quantitative estimate of drug-likeness (QED) is 0.851. The summed E-state index contributed by atoms with van der Waals surface area (Å²) >= 11 is 0. The van der Waals surface area contributed by atoms with Crippen LogP contribution >= 0.6 is 0 Å². The van der Waals surface area contributed by atoms with Crippen LogP contribution in [0.4, 0.5) is 0 Å². The third-order valence-corrected chi connectivity index (χ3v) is 5.38. The van der Waals surface area contributed by atoms with Gasteiger partial charge in [-0.1, -0.05) is 26.7 Å². The van der Waals surface area contributed by atoms with E-state index in [1.807, 2.05) is 11.6 Å². The van der Waals surface area contributed by atoms with E-state index in [-0.39, 0.29) is 5.91 Å². The van der Waals surface area contributed by atoms with Gasteiger partial charge in [-0.25, -0.2) is 0 Å². The zero-order valence-corrected chi connectivity index (χ0v) is 14.2. The minimum absolute atomic E-state index is 0.210. The number of carbonyl (C=O) groups excluding carboxylic acids is 1. The molecule has 1 aromatic rings. The Morgan fingerprint density at radius 3 is 2.68 bits per heavy atom. The van der Waals surface area contributed by atoms with Crippen molar-refractivity contribution in [1.82, 2.24) is 14.7 Å². The van der Waals surface area contributed by atoms with E-state index in [4.69, 9.17) is 0 Å². The maximum Gasteiger partial charge on any atom is 0.257 e. The van der Waals surface area contributed by atoms with Crippen molar-refractivity contribution >= 4 is 5.91 Å². The van der Waals surface area contributed by atoms with Gasteiger partial charge in [-0.3, -0.25) is 9.48 Å². The fourth-order valence-electron chi connectivity index (χ4n) is 4.22. The molecule has 1 saturated carbocycles. The number of carbonyl (C=O) groups is 1. The summed E-state index contributed by atoms with van der Waals surface area (Å²) in [7, 11) is 0. The van der Waals surface area contributed by atoms with Gasteiger partial charge >= 0.3 is 0 Å². The van der Waals surface area contributed by atoms with E-state index in [1.54, 1.807) is 6.20 Å². The Labute approximate surface area is 133 Å². The van der Waals surface area contributed by atoms with Crippen molar-refractivity contribution in [3.63, 3.8) is 0 Å². The molecule has 1 amide bonds. The standard InChI is InChI=1S/C18H29N3O/c1-13(2)12-21-14(3)16(11-19-21)18(22)20-10-6-9-17(20)15-7-4-5-8-15/h11,13,15,17H,4-10,12H2,1-3H3/t17-/m1/s1. The summed E-state index contributed by atoms with van der Waals surface area (Å²) in [6.07, 6.45) is 9.43. The van der Waals surface area contributed by atoms with Crippen LogP contribution in [-0.4, -0.2) is 33.2 Å². The summed E-state index contributed by atoms with van der Waals surface area (Å²) in [4.78, 5) is 15.2. The zero-order valence-electron chi connectivity index (χ0n) is 14.2. The molecule has 0 bridgehead atoms. The number of hydrogen-bond donors (Lipinski definition) is 0. The number of hydrogen-bond acceptors (Lipinski definition) is 2. The summed E-state index contributed by atoms with van der Waals surface area (Å²) in [5, 5.41) is 4.44. The van der Waals surface area contributed by atoms with Crippen molar-refractivity contribution in [2.75, 3.05) is 6.54 Å². The van der Waals surface area contributed by atoms with E-state index in [1.165, 1.54) is 32.1 Å². The fourth-order valence-corrected chi connectivity index (χ4v) is 4.22. The van der Waals surface area contributed by atoms with Crippen LogP contribution in [0.2, 0.25) is 0 Å². The molecule has 3 rings (SSSR count). The molecule has 122 valence electrons. The van der Waals surface area contributed by atoms with E-state index >= 15 is 0 Å². The Morgan fingerprint density at radius 1 is 1.27 bits per heavy atom. The lowest BCUT2D eigenvalue weighted by molar-refractivity contribution is 0.0688. The average molecular weight is 303 g/mol. The highest BCUT2D eigenvalue weighted by Crippen LogP contribution is 2.36. The van der Waals surface area contributed by atoms with Crippen molar-refractivity contribution < 1.29 is 4.79 Å². The van der Waals surface area contributed by atoms with Gasteiger partial charge < -0.3 is 4.90 Å². The van der Waals surface area contributed by atoms with Crippen LogP contribution in [0.1, 0.15) is 68.4 Å². The van der Waals surface area contributed by atoms with Gasteiger partial charge in [0.25, 0.3) is 5.91 Å². The summed E-state index contributed by atoms with van der Waals surface area (Å²) < 4.78 is 1.98. The van der Waals surface area contributed by atoms with Crippen molar-refractivity contribution in [2.24, 2.45) is 11.8 Å². The van der Waals surface area contributed by atoms with Gasteiger partial charge in [0.1, 0.15) is 0 Å². The molecule has 0 spiro atoms. The summed E-state index contributed by atoms with van der Waals surface area (Å²) in [5.74, 6) is 1.49. The Balaban J connectivity index is 1.76. The monoisotopic (exact) mass is 303 g/mol. The van der Waals surface area contributed by atoms with Crippen molar-refractivity contribution in [3.8, 4) is 0 Å². The smallest absolute Gasteiger partial charge is 0.257 e. The predicted octanol–water partition coefficient (Wildman–Crippen LogP) is 3.64. The normalized spacial score (nSPS) is 22.9. The number of amides is 1. The highest BCUT2D eigenvalue weighted by atomic mass is 16.2. The highest BCUT2D eigenvalue weighted by Gasteiger charge is 2.37. The van der Waals surface area contributed by atoms with Gasteiger partial charge in [0.2, 0.25) is 0 Å². The number of nitrogens with zero attached hydrogens (tertiary/aromatic N) is 3. The van der Waals surface area contributed by atoms with E-state index in [2.05, 4.69) is 23.8 Å². The van der Waals surface area contributed by atoms with E-state index in [0.29, 0.717) is 12.0 Å². The van der Waals surface area contributed by atoms with Crippen LogP contribution in [0.15, 0.2) is 6.20 Å². The van der Waals surface area contributed by atoms with Crippen LogP contribution in [0.5, 0.6) is 0 Å². The molecular formula is C18H29N3O. The molecule has 1 saturated heterocycles. The van der Waals surface area contributed by atoms with E-state index in [0.717, 1.165) is 36.7 Å². The third-order valence-electron chi connectivity index (χ3n) is 5.38. The Hall–Kier alpha value is -1.32. The first-order valence-corrected chi connectivity index (χ1v) is 8.91. The Kier molecular flexibility index (Phi) is 4.55. The van der Waals surface area contributed by atoms with Gasteiger partial charge in [0.15, 0.2) is 0 Å². The molecule has 1 atom stereocenters. The minimum atomic E-state index is 0.210. The molecular weight excluding hydrogens is 274 g/mol. The van der Waals surface area contributed by atoms with Gasteiger partial charge in [0, 0.05) is 24.8 Å². The van der Waals surface area contributed by atoms with Crippen LogP contribution in [-0.2, 0) is 6.54 Å². The highest BCUT2D eigenvalue weighted by molar-refractivity contribution is 5.95. The molecule has 4 nitrogen and oxygen atoms in total. The molecule has 1 aliphatic heterocycles. The van der Waals surface area contributed by atoms with Crippen LogP contribution in [0.25, 0.3) is 0 Å². The summed E-state index contributed by atoms with van der Waals surface area (Å²) in [6.45, 7) is 8.20. The maximum absolute atomic E-state index is 13.0. The van der Waals surface area contributed by atoms with Crippen molar-refractivity contribution in [3.05, 3.63) is 17.5 Å². The largest absolute Gasteiger partial charge is 0.335 e. The molecule has 2 aliphatic rings. The number of rotatable bonds is 4. The second-order valence-electron chi connectivity index (χ2n) is 7.47. The SMILES string of the molecule is Cc1c(C(=O)N2CCC[C@@H]2C2CCCC2)cnn1CC(C)C. The van der Waals surface area contributed by atoms with Crippen molar-refractivity contribution in [2.45, 2.75) is 71.9 Å². The van der Waals surface area contributed by atoms with Gasteiger partial charge in [-0.05, 0) is 44.4 Å². The topological polar surface area (TPSA) is 38.1 Å². The molecule has 2 heterocycles. The van der Waals surface area contributed by atoms with Crippen LogP contribution in [0, 0.1) is 18.8 Å². The molecule has 4 heteroatoms. The first-order chi connectivity index (χ1) is 10.6. The third kappa shape index (κ3) is 2.92. The Bertz CT molecular complexity index is 528. The van der Waals surface area contributed by atoms with Crippen LogP contribution < -0.4 is 0 Å². The molecule has 0 N–H and O–H groups in total. The van der Waals surface area contributed by atoms with Crippen molar-refractivity contribution in [1.29, 1.82) is 0 Å². The number of aromatic nitrogens is 2. The zero-order chi connectivity index (χ0) is 15.7. The molecule has 22 heavy (non-hydrogen) atoms. The second kappa shape index (κ2) is 6.43. The number of likely N-dealkylation sites (tertiary alicyclic amines) is 1. The molecule has 2 fully saturated rings. The average Bonchev–Trinajstić information content (AvgIpc) is 3.18. The van der Waals surface area contributed by atoms with Gasteiger partial charge in [-0.15, -0.1) is 0 Å². The van der Waals surface area contributed by atoms with E-state index in [9.17, 15) is 4.79 Å². The lowest BCUT2D eigenvalue weighted by Crippen LogP contribution is -2.39. The molecule has 1 aromatic heterocycles. The lowest BCUT2D eigenvalue weighted by atomic mass is 9.95. The summed E-state index contributed by atoms with van der Waals surface area (Å²) in [6, 6.07) is 0.475. The molecule has 0 radical (unpaired) electrons. The first-order valence-electron chi connectivity index (χ1n) is 8.91. The second-order valence-corrected chi connectivity index (χ2v) is 7.47. The van der Waals surface area contributed by atoms with Gasteiger partial charge in [-0.2, -0.15) is 5.10 Å². The Morgan fingerprint density at radius 2 is 2.00 bits per heavy atom. The minimum Gasteiger partial charge on any atom is -0.335 e. The van der Waals surface area contributed by atoms with E-state index < -0.39 is 0 Å². The first kappa shape index (κ1) is 15.6. The molecule has 0 aromatic carbocycles. The maximum atomic E-state index is 13.0. The van der Waals surface area contributed by atoms with Crippen LogP contribution in [0.3, 0.4) is 0 Å². The molecule has 1 aliphatic carbocycles. The van der Waals surface area contributed by atoms with Gasteiger partial charge in [0.05, 0.1) is 11.8 Å². The fraction of sp³-hybridized carbons (Fsp3) is 0.778. The lowest BCUT2D eigenvalue weighted by Gasteiger charge is -2.29. The summed E-state index contributed by atoms with van der Waals surface area (Å²) in [5.41, 5.74) is 1.83. The molecule has 0 unspecified atom stereocenters. The predicted molar refractivity (Wildman–Crippen MR) is 87.8 cm³/mol.